The van der Waals surface area contributed by atoms with Gasteiger partial charge in [0.2, 0.25) is 35.4 Å². The van der Waals surface area contributed by atoms with Crippen molar-refractivity contribution < 1.29 is 48.6 Å². The zero-order chi connectivity index (χ0) is 38.6. The zero-order valence-corrected chi connectivity index (χ0v) is 30.6. The quantitative estimate of drug-likeness (QED) is 0.0899. The lowest BCUT2D eigenvalue weighted by atomic mass is 9.94. The van der Waals surface area contributed by atoms with Gasteiger partial charge in [-0.1, -0.05) is 54.4 Å². The molecule has 0 saturated carbocycles. The molecule has 2 rings (SSSR count). The van der Waals surface area contributed by atoms with Crippen LogP contribution in [0.2, 0.25) is 0 Å². The second-order valence-corrected chi connectivity index (χ2v) is 13.9. The predicted octanol–water partition coefficient (Wildman–Crippen LogP) is -0.436. The van der Waals surface area contributed by atoms with Crippen molar-refractivity contribution in [3.63, 3.8) is 0 Å². The van der Waals surface area contributed by atoms with Gasteiger partial charge in [0.25, 0.3) is 0 Å². The van der Waals surface area contributed by atoms with Crippen LogP contribution in [0, 0.1) is 17.8 Å². The van der Waals surface area contributed by atoms with Crippen molar-refractivity contribution in [3.8, 4) is 0 Å². The summed E-state index contributed by atoms with van der Waals surface area (Å²) in [7, 11) is 0. The van der Waals surface area contributed by atoms with Gasteiger partial charge in [-0.15, -0.1) is 0 Å². The van der Waals surface area contributed by atoms with Crippen molar-refractivity contribution in [2.24, 2.45) is 23.5 Å². The minimum atomic E-state index is -1.29. The van der Waals surface area contributed by atoms with Crippen LogP contribution in [0.5, 0.6) is 0 Å². The topological polar surface area (TPSA) is 258 Å². The first-order chi connectivity index (χ1) is 24.0. The molecule has 0 aromatic carbocycles. The number of carbonyl (C=O) groups excluding carboxylic acids is 6. The summed E-state index contributed by atoms with van der Waals surface area (Å²) in [5.41, 5.74) is 5.50. The molecule has 2 heterocycles. The van der Waals surface area contributed by atoms with E-state index in [1.54, 1.807) is 27.7 Å². The van der Waals surface area contributed by atoms with Crippen LogP contribution in [0.3, 0.4) is 0 Å². The van der Waals surface area contributed by atoms with Crippen LogP contribution in [0.1, 0.15) is 92.9 Å². The number of carbonyl (C=O) groups is 8. The maximum Gasteiger partial charge on any atom is 0.326 e. The second-order valence-electron chi connectivity index (χ2n) is 13.9. The molecule has 0 aromatic rings. The average molecular weight is 724 g/mol. The van der Waals surface area contributed by atoms with E-state index in [1.807, 2.05) is 13.8 Å². The van der Waals surface area contributed by atoms with Crippen molar-refractivity contribution >= 4 is 47.4 Å². The molecule has 0 aromatic heterocycles. The molecule has 0 bridgehead atoms. The number of carboxylic acids is 2. The maximum absolute atomic E-state index is 13.9. The number of nitrogens with two attached hydrogens (primary N) is 1. The van der Waals surface area contributed by atoms with Crippen molar-refractivity contribution in [3.05, 3.63) is 0 Å². The molecule has 51 heavy (non-hydrogen) atoms. The van der Waals surface area contributed by atoms with Crippen LogP contribution < -0.4 is 27.0 Å². The van der Waals surface area contributed by atoms with Crippen LogP contribution in [-0.2, 0) is 38.4 Å². The smallest absolute Gasteiger partial charge is 0.326 e. The number of rotatable bonds is 19. The molecule has 2 fully saturated rings. The molecule has 2 aliphatic rings. The number of hydrogen-bond donors (Lipinski definition) is 7. The van der Waals surface area contributed by atoms with Crippen molar-refractivity contribution in [2.75, 3.05) is 19.6 Å². The maximum atomic E-state index is 13.9. The summed E-state index contributed by atoms with van der Waals surface area (Å²) in [5.74, 6) is -7.24. The number of nitrogens with one attached hydrogen (secondary N) is 4. The first kappa shape index (κ1) is 42.9. The van der Waals surface area contributed by atoms with E-state index in [1.165, 1.54) is 9.80 Å². The fourth-order valence-corrected chi connectivity index (χ4v) is 6.40. The Kier molecular flexibility index (Phi) is 16.8. The van der Waals surface area contributed by atoms with Gasteiger partial charge in [-0.05, 0) is 49.9 Å². The lowest BCUT2D eigenvalue weighted by Gasteiger charge is -2.33. The summed E-state index contributed by atoms with van der Waals surface area (Å²) in [6.45, 7) is 10.6. The highest BCUT2D eigenvalue weighted by Gasteiger charge is 2.42. The van der Waals surface area contributed by atoms with Gasteiger partial charge >= 0.3 is 11.9 Å². The fourth-order valence-electron chi connectivity index (χ4n) is 6.40. The molecule has 2 saturated heterocycles. The number of hydrogen-bond acceptors (Lipinski definition) is 9. The molecule has 0 aliphatic carbocycles. The number of carboxylic acid groups (broad SMARTS) is 2. The van der Waals surface area contributed by atoms with Crippen LogP contribution in [0.15, 0.2) is 0 Å². The van der Waals surface area contributed by atoms with Gasteiger partial charge in [-0.3, -0.25) is 33.6 Å². The van der Waals surface area contributed by atoms with E-state index >= 15 is 0 Å². The normalized spacial score (nSPS) is 20.8. The van der Waals surface area contributed by atoms with E-state index in [9.17, 15) is 48.6 Å². The highest BCUT2D eigenvalue weighted by Crippen LogP contribution is 2.23. The first-order valence-electron chi connectivity index (χ1n) is 17.9. The van der Waals surface area contributed by atoms with Gasteiger partial charge in [0.1, 0.15) is 36.3 Å². The molecule has 0 radical (unpaired) electrons. The average Bonchev–Trinajstić information content (AvgIpc) is 3.79. The van der Waals surface area contributed by atoms with Crippen molar-refractivity contribution in [1.82, 2.24) is 31.1 Å². The Morgan fingerprint density at radius 2 is 1.18 bits per heavy atom. The van der Waals surface area contributed by atoms with Gasteiger partial charge in [0, 0.05) is 19.5 Å². The SMILES string of the molecule is CC[C@H](C)[C@H](NC(=O)[C@@H](NC(=O)[C@@H]1CCCN1C(=O)[C@H](CCC(=O)O)NC(=O)[C@@H]1CCCN1C(=O)CN)[C@@H](C)CC)C(=O)N[C@H](C(=O)O)C(C)C. The summed E-state index contributed by atoms with van der Waals surface area (Å²) in [5, 5.41) is 29.6. The summed E-state index contributed by atoms with van der Waals surface area (Å²) in [6, 6.07) is -6.57. The van der Waals surface area contributed by atoms with E-state index in [0.29, 0.717) is 38.6 Å². The van der Waals surface area contributed by atoms with Crippen LogP contribution in [-0.4, -0.2) is 123 Å². The Labute approximate surface area is 299 Å². The summed E-state index contributed by atoms with van der Waals surface area (Å²) in [6.07, 6.45) is 1.84. The van der Waals surface area contributed by atoms with Crippen molar-refractivity contribution in [1.29, 1.82) is 0 Å². The molecule has 0 spiro atoms. The number of nitrogens with zero attached hydrogens (tertiary/aromatic N) is 2. The molecule has 0 unspecified atom stereocenters. The number of likely N-dealkylation sites (tertiary alicyclic amines) is 2. The van der Waals surface area contributed by atoms with Gasteiger partial charge in [-0.25, -0.2) is 4.79 Å². The third kappa shape index (κ3) is 11.6. The van der Waals surface area contributed by atoms with Gasteiger partial charge in [0.15, 0.2) is 0 Å². The molecule has 6 amide bonds. The largest absolute Gasteiger partial charge is 0.481 e. The highest BCUT2D eigenvalue weighted by molar-refractivity contribution is 5.97. The summed E-state index contributed by atoms with van der Waals surface area (Å²) < 4.78 is 0. The molecule has 17 heteroatoms. The highest BCUT2D eigenvalue weighted by atomic mass is 16.4. The Balaban J connectivity index is 2.27. The number of amides is 6. The Morgan fingerprint density at radius 3 is 1.65 bits per heavy atom. The minimum absolute atomic E-state index is 0.147. The zero-order valence-electron chi connectivity index (χ0n) is 30.6. The van der Waals surface area contributed by atoms with Gasteiger partial charge < -0.3 is 47.0 Å². The van der Waals surface area contributed by atoms with Gasteiger partial charge in [-0.2, -0.15) is 0 Å². The molecule has 288 valence electrons. The van der Waals surface area contributed by atoms with E-state index in [0.717, 1.165) is 0 Å². The Hall–Kier alpha value is -4.28. The number of aliphatic carboxylic acids is 2. The first-order valence-corrected chi connectivity index (χ1v) is 17.9. The molecule has 8 atom stereocenters. The molecule has 17 nitrogen and oxygen atoms in total. The van der Waals surface area contributed by atoms with E-state index in [-0.39, 0.29) is 31.8 Å². The minimum Gasteiger partial charge on any atom is -0.481 e. The predicted molar refractivity (Wildman–Crippen MR) is 185 cm³/mol. The van der Waals surface area contributed by atoms with E-state index < -0.39 is 102 Å². The van der Waals surface area contributed by atoms with E-state index in [2.05, 4.69) is 21.3 Å². The van der Waals surface area contributed by atoms with Crippen LogP contribution in [0.4, 0.5) is 0 Å². The molecule has 2 aliphatic heterocycles. The Bertz CT molecular complexity index is 1290. The molecular weight excluding hydrogens is 666 g/mol. The molecule has 8 N–H and O–H groups in total. The molecular formula is C34H57N7O10. The van der Waals surface area contributed by atoms with Crippen molar-refractivity contribution in [2.45, 2.75) is 129 Å². The summed E-state index contributed by atoms with van der Waals surface area (Å²) in [4.78, 5) is 106. The second kappa shape index (κ2) is 19.9. The van der Waals surface area contributed by atoms with Gasteiger partial charge in [0.05, 0.1) is 6.54 Å². The lowest BCUT2D eigenvalue weighted by Crippen LogP contribution is -2.61. The van der Waals surface area contributed by atoms with Crippen LogP contribution >= 0.6 is 0 Å². The fraction of sp³-hybridized carbons (Fsp3) is 0.765. The lowest BCUT2D eigenvalue weighted by molar-refractivity contribution is -0.144. The monoisotopic (exact) mass is 723 g/mol. The Morgan fingerprint density at radius 1 is 0.706 bits per heavy atom. The van der Waals surface area contributed by atoms with E-state index in [4.69, 9.17) is 5.73 Å². The standard InChI is InChI=1S/C34H57N7O10/c1-7-19(5)27(32(48)39-28(20(6)8-2)31(47)37-26(18(3)4)34(50)51)38-30(46)23-12-10-16-41(23)33(49)21(13-14-25(43)44)36-29(45)22-11-9-15-40(22)24(42)17-35/h18-23,26-28H,7-17,35H2,1-6H3,(H,36,45)(H,37,47)(H,38,46)(H,39,48)(H,43,44)(H,50,51)/t19-,20-,21-,22-,23-,26-,27-,28-/m0/s1. The summed E-state index contributed by atoms with van der Waals surface area (Å²) >= 11 is 0. The third-order valence-electron chi connectivity index (χ3n) is 9.97. The van der Waals surface area contributed by atoms with Crippen LogP contribution in [0.25, 0.3) is 0 Å². The third-order valence-corrected chi connectivity index (χ3v) is 9.97.